The summed E-state index contributed by atoms with van der Waals surface area (Å²) in [5.41, 5.74) is 1.68. The minimum Gasteiger partial charge on any atom is -0.346 e. The fraction of sp³-hybridized carbons (Fsp3) is 0.348. The van der Waals surface area contributed by atoms with Gasteiger partial charge in [0.15, 0.2) is 5.65 Å². The molecule has 2 aliphatic carbocycles. The summed E-state index contributed by atoms with van der Waals surface area (Å²) in [6.07, 6.45) is 9.87. The lowest BCUT2D eigenvalue weighted by atomic mass is 10.0. The van der Waals surface area contributed by atoms with Crippen LogP contribution in [0, 0.1) is 17.6 Å². The second-order valence-corrected chi connectivity index (χ2v) is 9.90. The van der Waals surface area contributed by atoms with Gasteiger partial charge < -0.3 is 4.90 Å². The molecule has 0 unspecified atom stereocenters. The quantitative estimate of drug-likeness (QED) is 0.446. The maximum Gasteiger partial charge on any atom is 0.166 e. The summed E-state index contributed by atoms with van der Waals surface area (Å²) in [6, 6.07) is 5.69. The molecule has 2 saturated carbocycles. The second kappa shape index (κ2) is 6.09. The van der Waals surface area contributed by atoms with Gasteiger partial charge in [-0.3, -0.25) is 0 Å². The van der Waals surface area contributed by atoms with Crippen molar-refractivity contribution in [1.29, 1.82) is 0 Å². The molecule has 8 heteroatoms. The Morgan fingerprint density at radius 2 is 2.00 bits per heavy atom. The standard InChI is InChI=1S/C23H19F2N5S/c24-15-3-4-18(25)17(9-15)23-10-14(23)5-7-29(23)20-6-8-30-21(28-20)16(11-27-30)19-12-26-22(31-19)13-1-2-13/h3-4,6,8-9,11-14H,1-2,5,7,10H2/t14-,23+/m0/s1. The first-order valence-electron chi connectivity index (χ1n) is 10.7. The zero-order chi connectivity index (χ0) is 20.7. The Hall–Kier alpha value is -2.87. The average Bonchev–Trinajstić information content (AvgIpc) is 3.60. The molecule has 31 heavy (non-hydrogen) atoms. The molecule has 1 aliphatic heterocycles. The highest BCUT2D eigenvalue weighted by Gasteiger charge is 2.64. The topological polar surface area (TPSA) is 46.3 Å². The molecule has 0 spiro atoms. The normalized spacial score (nSPS) is 24.7. The van der Waals surface area contributed by atoms with Gasteiger partial charge in [0, 0.05) is 30.4 Å². The molecule has 7 rings (SSSR count). The molecule has 1 saturated heterocycles. The van der Waals surface area contributed by atoms with Crippen LogP contribution in [-0.2, 0) is 5.54 Å². The second-order valence-electron chi connectivity index (χ2n) is 8.84. The molecule has 5 nitrogen and oxygen atoms in total. The van der Waals surface area contributed by atoms with Gasteiger partial charge in [-0.05, 0) is 55.9 Å². The van der Waals surface area contributed by atoms with E-state index in [1.54, 1.807) is 15.9 Å². The van der Waals surface area contributed by atoms with Crippen LogP contribution in [0.25, 0.3) is 16.1 Å². The van der Waals surface area contributed by atoms with E-state index < -0.39 is 11.4 Å². The first-order chi connectivity index (χ1) is 15.1. The van der Waals surface area contributed by atoms with Crippen molar-refractivity contribution in [2.75, 3.05) is 11.4 Å². The van der Waals surface area contributed by atoms with Crippen molar-refractivity contribution < 1.29 is 8.78 Å². The van der Waals surface area contributed by atoms with E-state index in [0.29, 0.717) is 17.4 Å². The summed E-state index contributed by atoms with van der Waals surface area (Å²) in [6.45, 7) is 0.777. The number of benzene rings is 1. The minimum absolute atomic E-state index is 0.328. The maximum atomic E-state index is 14.7. The number of hydrogen-bond acceptors (Lipinski definition) is 5. The lowest BCUT2D eigenvalue weighted by molar-refractivity contribution is 0.544. The Labute approximate surface area is 181 Å². The molecule has 0 bridgehead atoms. The minimum atomic E-state index is -0.499. The van der Waals surface area contributed by atoms with Crippen molar-refractivity contribution in [3.8, 4) is 10.4 Å². The molecule has 0 amide bonds. The Morgan fingerprint density at radius 1 is 1.10 bits per heavy atom. The van der Waals surface area contributed by atoms with Crippen molar-refractivity contribution in [3.05, 3.63) is 65.1 Å². The number of anilines is 1. The largest absolute Gasteiger partial charge is 0.346 e. The number of rotatable bonds is 4. The Kier molecular flexibility index (Phi) is 3.49. The van der Waals surface area contributed by atoms with Crippen molar-refractivity contribution in [2.24, 2.45) is 5.92 Å². The number of aromatic nitrogens is 4. The van der Waals surface area contributed by atoms with E-state index in [9.17, 15) is 8.78 Å². The number of hydrogen-bond donors (Lipinski definition) is 0. The van der Waals surface area contributed by atoms with Crippen LogP contribution in [-0.4, -0.2) is 26.1 Å². The molecular formula is C23H19F2N5S. The molecule has 156 valence electrons. The van der Waals surface area contributed by atoms with Gasteiger partial charge >= 0.3 is 0 Å². The smallest absolute Gasteiger partial charge is 0.166 e. The molecule has 3 aromatic heterocycles. The third kappa shape index (κ3) is 2.54. The average molecular weight is 436 g/mol. The Balaban J connectivity index is 1.32. The van der Waals surface area contributed by atoms with E-state index >= 15 is 0 Å². The number of nitrogens with zero attached hydrogens (tertiary/aromatic N) is 5. The fourth-order valence-electron chi connectivity index (χ4n) is 5.21. The zero-order valence-electron chi connectivity index (χ0n) is 16.6. The van der Waals surface area contributed by atoms with Crippen LogP contribution in [0.2, 0.25) is 0 Å². The summed E-state index contributed by atoms with van der Waals surface area (Å²) in [7, 11) is 0. The van der Waals surface area contributed by atoms with E-state index in [1.807, 2.05) is 24.7 Å². The molecule has 3 aliphatic rings. The zero-order valence-corrected chi connectivity index (χ0v) is 17.4. The fourth-order valence-corrected chi connectivity index (χ4v) is 6.30. The first-order valence-corrected chi connectivity index (χ1v) is 11.5. The summed E-state index contributed by atoms with van der Waals surface area (Å²) in [5.74, 6) is 0.973. The molecule has 2 atom stereocenters. The van der Waals surface area contributed by atoms with E-state index in [-0.39, 0.29) is 5.82 Å². The third-order valence-electron chi connectivity index (χ3n) is 7.00. The SMILES string of the molecule is Fc1ccc(F)c([C@@]23C[C@@H]2CCN3c2ccn3ncc(-c4cnc(C5CC5)s4)c3n2)c1. The monoisotopic (exact) mass is 435 g/mol. The predicted molar refractivity (Wildman–Crippen MR) is 114 cm³/mol. The first kappa shape index (κ1) is 17.8. The third-order valence-corrected chi connectivity index (χ3v) is 8.19. The number of thiazole rings is 1. The van der Waals surface area contributed by atoms with Gasteiger partial charge in [0.05, 0.1) is 27.2 Å². The summed E-state index contributed by atoms with van der Waals surface area (Å²) in [4.78, 5) is 12.8. The van der Waals surface area contributed by atoms with Gasteiger partial charge in [0.2, 0.25) is 0 Å². The van der Waals surface area contributed by atoms with Crippen molar-refractivity contribution in [1.82, 2.24) is 19.6 Å². The molecule has 0 radical (unpaired) electrons. The van der Waals surface area contributed by atoms with Crippen LogP contribution in [0.1, 0.15) is 42.2 Å². The van der Waals surface area contributed by atoms with Gasteiger partial charge in [0.25, 0.3) is 0 Å². The van der Waals surface area contributed by atoms with Gasteiger partial charge in [-0.25, -0.2) is 23.3 Å². The summed E-state index contributed by atoms with van der Waals surface area (Å²) in [5, 5.41) is 5.65. The lowest BCUT2D eigenvalue weighted by Crippen LogP contribution is -2.34. The molecule has 4 aromatic rings. The Bertz CT molecular complexity index is 1340. The van der Waals surface area contributed by atoms with Crippen molar-refractivity contribution in [2.45, 2.75) is 37.1 Å². The van der Waals surface area contributed by atoms with Gasteiger partial charge in [-0.1, -0.05) is 0 Å². The summed E-state index contributed by atoms with van der Waals surface area (Å²) >= 11 is 1.71. The van der Waals surface area contributed by atoms with E-state index in [0.717, 1.165) is 41.3 Å². The number of halogens is 2. The Morgan fingerprint density at radius 3 is 2.84 bits per heavy atom. The number of fused-ring (bicyclic) bond motifs is 2. The highest BCUT2D eigenvalue weighted by molar-refractivity contribution is 7.15. The van der Waals surface area contributed by atoms with Crippen molar-refractivity contribution >= 4 is 22.8 Å². The van der Waals surface area contributed by atoms with Crippen molar-refractivity contribution in [3.63, 3.8) is 0 Å². The predicted octanol–water partition coefficient (Wildman–Crippen LogP) is 5.13. The van der Waals surface area contributed by atoms with Crippen LogP contribution in [0.4, 0.5) is 14.6 Å². The number of piperidine rings is 1. The van der Waals surface area contributed by atoms with Crippen LogP contribution in [0.15, 0.2) is 42.9 Å². The lowest BCUT2D eigenvalue weighted by Gasteiger charge is -2.30. The highest BCUT2D eigenvalue weighted by Crippen LogP contribution is 2.63. The highest BCUT2D eigenvalue weighted by atomic mass is 32.1. The van der Waals surface area contributed by atoms with Gasteiger partial charge in [-0.15, -0.1) is 11.3 Å². The molecular weight excluding hydrogens is 416 g/mol. The van der Waals surface area contributed by atoms with E-state index in [4.69, 9.17) is 4.98 Å². The van der Waals surface area contributed by atoms with Gasteiger partial charge in [0.1, 0.15) is 17.5 Å². The summed E-state index contributed by atoms with van der Waals surface area (Å²) < 4.78 is 30.5. The molecule has 3 fully saturated rings. The molecule has 1 aromatic carbocycles. The maximum absolute atomic E-state index is 14.7. The van der Waals surface area contributed by atoms with Crippen LogP contribution in [0.3, 0.4) is 0 Å². The van der Waals surface area contributed by atoms with Crippen LogP contribution in [0.5, 0.6) is 0 Å². The van der Waals surface area contributed by atoms with Gasteiger partial charge in [-0.2, -0.15) is 5.10 Å². The van der Waals surface area contributed by atoms with Crippen LogP contribution < -0.4 is 4.90 Å². The molecule has 4 heterocycles. The van der Waals surface area contributed by atoms with E-state index in [1.165, 1.54) is 36.0 Å². The van der Waals surface area contributed by atoms with Crippen LogP contribution >= 0.6 is 11.3 Å². The molecule has 0 N–H and O–H groups in total. The van der Waals surface area contributed by atoms with E-state index in [2.05, 4.69) is 15.0 Å².